The Morgan fingerprint density at radius 1 is 1.47 bits per heavy atom. The first-order chi connectivity index (χ1) is 8.31. The van der Waals surface area contributed by atoms with E-state index in [1.807, 2.05) is 6.20 Å². The van der Waals surface area contributed by atoms with E-state index in [0.717, 1.165) is 25.6 Å². The Hall–Kier alpha value is -1.03. The van der Waals surface area contributed by atoms with Gasteiger partial charge in [0.25, 0.3) is 0 Å². The van der Waals surface area contributed by atoms with E-state index in [4.69, 9.17) is 5.73 Å². The molecule has 1 fully saturated rings. The van der Waals surface area contributed by atoms with Crippen LogP contribution in [0.2, 0.25) is 0 Å². The van der Waals surface area contributed by atoms with Gasteiger partial charge in [-0.05, 0) is 39.2 Å². The monoisotopic (exact) mass is 236 g/mol. The zero-order valence-corrected chi connectivity index (χ0v) is 11.0. The Morgan fingerprint density at radius 2 is 2.29 bits per heavy atom. The molecule has 1 aliphatic rings. The van der Waals surface area contributed by atoms with E-state index in [9.17, 15) is 0 Å². The number of aryl methyl sites for hydroxylation is 1. The quantitative estimate of drug-likeness (QED) is 0.849. The maximum absolute atomic E-state index is 5.89. The molecule has 2 unspecified atom stereocenters. The molecule has 0 saturated heterocycles. The van der Waals surface area contributed by atoms with Crippen LogP contribution in [-0.4, -0.2) is 28.7 Å². The van der Waals surface area contributed by atoms with Gasteiger partial charge in [-0.25, -0.2) is 4.98 Å². The van der Waals surface area contributed by atoms with Crippen LogP contribution in [0.5, 0.6) is 0 Å². The van der Waals surface area contributed by atoms with Crippen molar-refractivity contribution in [2.75, 3.05) is 18.0 Å². The third-order valence-electron chi connectivity index (χ3n) is 3.95. The van der Waals surface area contributed by atoms with Gasteiger partial charge in [-0.1, -0.05) is 6.42 Å². The Kier molecular flexibility index (Phi) is 4.05. The normalized spacial score (nSPS) is 24.2. The van der Waals surface area contributed by atoms with Gasteiger partial charge in [-0.3, -0.25) is 0 Å². The van der Waals surface area contributed by atoms with Gasteiger partial charge in [-0.2, -0.15) is 0 Å². The van der Waals surface area contributed by atoms with Gasteiger partial charge in [0, 0.05) is 31.5 Å². The average molecular weight is 236 g/mol. The molecule has 0 amide bonds. The summed E-state index contributed by atoms with van der Waals surface area (Å²) >= 11 is 0. The lowest BCUT2D eigenvalue weighted by Crippen LogP contribution is -2.41. The smallest absolute Gasteiger partial charge is 0.205 e. The summed E-state index contributed by atoms with van der Waals surface area (Å²) in [6, 6.07) is 0.581. The summed E-state index contributed by atoms with van der Waals surface area (Å²) < 4.78 is 2.22. The number of anilines is 1. The highest BCUT2D eigenvalue weighted by atomic mass is 15.3. The molecule has 4 nitrogen and oxygen atoms in total. The van der Waals surface area contributed by atoms with E-state index >= 15 is 0 Å². The third kappa shape index (κ3) is 2.32. The Morgan fingerprint density at radius 3 is 2.94 bits per heavy atom. The van der Waals surface area contributed by atoms with Crippen LogP contribution in [0.3, 0.4) is 0 Å². The summed E-state index contributed by atoms with van der Waals surface area (Å²) in [5.41, 5.74) is 5.89. The fourth-order valence-corrected chi connectivity index (χ4v) is 3.03. The van der Waals surface area contributed by atoms with Gasteiger partial charge < -0.3 is 15.2 Å². The molecule has 1 aromatic heterocycles. The molecule has 1 heterocycles. The summed E-state index contributed by atoms with van der Waals surface area (Å²) in [6.07, 6.45) is 7.78. The number of hydrogen-bond acceptors (Lipinski definition) is 3. The van der Waals surface area contributed by atoms with Crippen LogP contribution < -0.4 is 10.6 Å². The van der Waals surface area contributed by atoms with Crippen LogP contribution in [0.1, 0.15) is 33.1 Å². The Bertz CT molecular complexity index is 347. The first-order valence-electron chi connectivity index (χ1n) is 6.79. The summed E-state index contributed by atoms with van der Waals surface area (Å²) in [6.45, 7) is 7.16. The summed E-state index contributed by atoms with van der Waals surface area (Å²) in [5, 5.41) is 0. The van der Waals surface area contributed by atoms with Crippen molar-refractivity contribution in [1.82, 2.24) is 9.55 Å². The highest BCUT2D eigenvalue weighted by Crippen LogP contribution is 2.31. The predicted octanol–water partition coefficient (Wildman–Crippen LogP) is 1.86. The van der Waals surface area contributed by atoms with Crippen molar-refractivity contribution in [2.45, 2.75) is 45.7 Å². The molecule has 2 rings (SSSR count). The zero-order chi connectivity index (χ0) is 12.3. The topological polar surface area (TPSA) is 47.1 Å². The lowest BCUT2D eigenvalue weighted by Gasteiger charge is -2.33. The molecule has 96 valence electrons. The van der Waals surface area contributed by atoms with Gasteiger partial charge in [0.2, 0.25) is 5.95 Å². The van der Waals surface area contributed by atoms with Crippen LogP contribution in [0, 0.1) is 5.92 Å². The highest BCUT2D eigenvalue weighted by molar-refractivity contribution is 5.34. The second-order valence-corrected chi connectivity index (χ2v) is 4.79. The first-order valence-corrected chi connectivity index (χ1v) is 6.79. The highest BCUT2D eigenvalue weighted by Gasteiger charge is 2.32. The SMILES string of the molecule is CCN(c1nccn1CC)C1CCCC1CN. The van der Waals surface area contributed by atoms with Crippen LogP contribution in [-0.2, 0) is 6.54 Å². The molecule has 1 aliphatic carbocycles. The van der Waals surface area contributed by atoms with Crippen LogP contribution in [0.4, 0.5) is 5.95 Å². The molecule has 0 radical (unpaired) electrons. The van der Waals surface area contributed by atoms with Gasteiger partial charge in [-0.15, -0.1) is 0 Å². The van der Waals surface area contributed by atoms with Crippen LogP contribution >= 0.6 is 0 Å². The molecule has 17 heavy (non-hydrogen) atoms. The van der Waals surface area contributed by atoms with Crippen LogP contribution in [0.15, 0.2) is 12.4 Å². The van der Waals surface area contributed by atoms with Crippen LogP contribution in [0.25, 0.3) is 0 Å². The first kappa shape index (κ1) is 12.4. The number of nitrogens with two attached hydrogens (primary N) is 1. The van der Waals surface area contributed by atoms with Gasteiger partial charge in [0.1, 0.15) is 0 Å². The van der Waals surface area contributed by atoms with Gasteiger partial charge >= 0.3 is 0 Å². The van der Waals surface area contributed by atoms with Crippen molar-refractivity contribution in [3.8, 4) is 0 Å². The fraction of sp³-hybridized carbons (Fsp3) is 0.769. The molecule has 1 aromatic rings. The number of aromatic nitrogens is 2. The fourth-order valence-electron chi connectivity index (χ4n) is 3.03. The van der Waals surface area contributed by atoms with Crippen molar-refractivity contribution in [1.29, 1.82) is 0 Å². The molecule has 0 aliphatic heterocycles. The van der Waals surface area contributed by atoms with E-state index in [-0.39, 0.29) is 0 Å². The Balaban J connectivity index is 2.21. The molecule has 2 atom stereocenters. The number of rotatable bonds is 5. The lowest BCUT2D eigenvalue weighted by molar-refractivity contribution is 0.452. The molecular formula is C13H24N4. The largest absolute Gasteiger partial charge is 0.339 e. The number of imidazole rings is 1. The second kappa shape index (κ2) is 5.54. The van der Waals surface area contributed by atoms with E-state index in [1.165, 1.54) is 19.3 Å². The van der Waals surface area contributed by atoms with Crippen molar-refractivity contribution < 1.29 is 0 Å². The minimum Gasteiger partial charge on any atom is -0.339 e. The van der Waals surface area contributed by atoms with E-state index in [1.54, 1.807) is 0 Å². The van der Waals surface area contributed by atoms with E-state index in [0.29, 0.717) is 12.0 Å². The summed E-state index contributed by atoms with van der Waals surface area (Å²) in [7, 11) is 0. The molecule has 0 aromatic carbocycles. The van der Waals surface area contributed by atoms with Gasteiger partial charge in [0.15, 0.2) is 0 Å². The van der Waals surface area contributed by atoms with Crippen molar-refractivity contribution in [2.24, 2.45) is 11.7 Å². The van der Waals surface area contributed by atoms with Gasteiger partial charge in [0.05, 0.1) is 0 Å². The molecule has 0 spiro atoms. The number of nitrogens with zero attached hydrogens (tertiary/aromatic N) is 3. The maximum Gasteiger partial charge on any atom is 0.205 e. The molecule has 4 heteroatoms. The lowest BCUT2D eigenvalue weighted by atomic mass is 10.0. The van der Waals surface area contributed by atoms with Crippen molar-refractivity contribution >= 4 is 5.95 Å². The summed E-state index contributed by atoms with van der Waals surface area (Å²) in [4.78, 5) is 6.96. The third-order valence-corrected chi connectivity index (χ3v) is 3.95. The second-order valence-electron chi connectivity index (χ2n) is 4.79. The van der Waals surface area contributed by atoms with Crippen molar-refractivity contribution in [3.05, 3.63) is 12.4 Å². The zero-order valence-electron chi connectivity index (χ0n) is 11.0. The van der Waals surface area contributed by atoms with E-state index in [2.05, 4.69) is 34.5 Å². The molecular weight excluding hydrogens is 212 g/mol. The summed E-state index contributed by atoms with van der Waals surface area (Å²) in [5.74, 6) is 1.75. The maximum atomic E-state index is 5.89. The minimum absolute atomic E-state index is 0.581. The molecule has 1 saturated carbocycles. The Labute approximate surface area is 104 Å². The standard InChI is InChI=1S/C13H24N4/c1-3-16-9-8-15-13(16)17(4-2)12-7-5-6-11(12)10-14/h8-9,11-12H,3-7,10,14H2,1-2H3. The molecule has 2 N–H and O–H groups in total. The van der Waals surface area contributed by atoms with E-state index < -0.39 is 0 Å². The minimum atomic E-state index is 0.581. The predicted molar refractivity (Wildman–Crippen MR) is 71.1 cm³/mol. The average Bonchev–Trinajstić information content (AvgIpc) is 2.98. The molecule has 0 bridgehead atoms. The number of hydrogen-bond donors (Lipinski definition) is 1. The van der Waals surface area contributed by atoms with Crippen molar-refractivity contribution in [3.63, 3.8) is 0 Å².